The maximum atomic E-state index is 12.5. The quantitative estimate of drug-likeness (QED) is 0.777. The van der Waals surface area contributed by atoms with Gasteiger partial charge in [-0.3, -0.25) is 9.59 Å². The molecule has 0 radical (unpaired) electrons. The minimum atomic E-state index is -0.991. The van der Waals surface area contributed by atoms with Crippen LogP contribution in [0.2, 0.25) is 0 Å². The van der Waals surface area contributed by atoms with Gasteiger partial charge in [0.2, 0.25) is 5.91 Å². The first-order chi connectivity index (χ1) is 9.58. The Hall–Kier alpha value is -1.79. The lowest BCUT2D eigenvalue weighted by atomic mass is 10.2. The highest BCUT2D eigenvalue weighted by molar-refractivity contribution is 5.82. The lowest BCUT2D eigenvalue weighted by Gasteiger charge is -2.32. The Bertz CT molecular complexity index is 393. The van der Waals surface area contributed by atoms with Crippen molar-refractivity contribution in [3.63, 3.8) is 0 Å². The van der Waals surface area contributed by atoms with Gasteiger partial charge < -0.3 is 20.2 Å². The van der Waals surface area contributed by atoms with Crippen LogP contribution in [0.3, 0.4) is 0 Å². The predicted octanol–water partition coefficient (Wildman–Crippen LogP) is 0.258. The summed E-state index contributed by atoms with van der Waals surface area (Å²) >= 11 is 0. The Morgan fingerprint density at radius 2 is 2.00 bits per heavy atom. The van der Waals surface area contributed by atoms with Crippen molar-refractivity contribution in [3.8, 4) is 0 Å². The Morgan fingerprint density at radius 1 is 1.30 bits per heavy atom. The molecule has 2 N–H and O–H groups in total. The third-order valence-corrected chi connectivity index (χ3v) is 3.90. The topological polar surface area (TPSA) is 89.9 Å². The van der Waals surface area contributed by atoms with Crippen molar-refractivity contribution in [1.82, 2.24) is 15.1 Å². The average molecular weight is 283 g/mol. The molecule has 0 bridgehead atoms. The number of urea groups is 1. The first-order valence-electron chi connectivity index (χ1n) is 7.12. The molecule has 112 valence electrons. The highest BCUT2D eigenvalue weighted by Gasteiger charge is 2.31. The highest BCUT2D eigenvalue weighted by atomic mass is 16.4. The van der Waals surface area contributed by atoms with Gasteiger partial charge in [0.05, 0.1) is 0 Å². The smallest absolute Gasteiger partial charge is 0.323 e. The number of carbonyl (C=O) groups excluding carboxylic acids is 2. The van der Waals surface area contributed by atoms with Gasteiger partial charge in [0.1, 0.15) is 6.54 Å². The van der Waals surface area contributed by atoms with Gasteiger partial charge >= 0.3 is 12.0 Å². The van der Waals surface area contributed by atoms with E-state index in [2.05, 4.69) is 5.32 Å². The van der Waals surface area contributed by atoms with Crippen molar-refractivity contribution in [2.75, 3.05) is 26.2 Å². The van der Waals surface area contributed by atoms with Crippen LogP contribution >= 0.6 is 0 Å². The van der Waals surface area contributed by atoms with Gasteiger partial charge in [-0.25, -0.2) is 4.79 Å². The number of carboxylic acids is 1. The van der Waals surface area contributed by atoms with Crippen molar-refractivity contribution in [3.05, 3.63) is 0 Å². The minimum absolute atomic E-state index is 0.0190. The molecule has 20 heavy (non-hydrogen) atoms. The third-order valence-electron chi connectivity index (χ3n) is 3.90. The lowest BCUT2D eigenvalue weighted by molar-refractivity contribution is -0.138. The standard InChI is InChI=1S/C13H21N3O4/c17-11-5-7-15(8-6-14-11)13(20)16(9-12(18)19)10-3-1-2-4-10/h10H,1-9H2,(H,14,17)(H,18,19). The second-order valence-corrected chi connectivity index (χ2v) is 5.33. The minimum Gasteiger partial charge on any atom is -0.480 e. The molecule has 0 atom stereocenters. The van der Waals surface area contributed by atoms with Crippen LogP contribution in [-0.2, 0) is 9.59 Å². The van der Waals surface area contributed by atoms with E-state index in [0.29, 0.717) is 19.6 Å². The number of nitrogens with zero attached hydrogens (tertiary/aromatic N) is 2. The average Bonchev–Trinajstić information content (AvgIpc) is 2.84. The van der Waals surface area contributed by atoms with Crippen LogP contribution in [0, 0.1) is 0 Å². The summed E-state index contributed by atoms with van der Waals surface area (Å²) in [6.07, 6.45) is 4.08. The van der Waals surface area contributed by atoms with Gasteiger partial charge in [0.15, 0.2) is 0 Å². The van der Waals surface area contributed by atoms with E-state index >= 15 is 0 Å². The second-order valence-electron chi connectivity index (χ2n) is 5.33. The molecule has 2 rings (SSSR count). The molecule has 1 saturated heterocycles. The fourth-order valence-corrected chi connectivity index (χ4v) is 2.85. The summed E-state index contributed by atoms with van der Waals surface area (Å²) < 4.78 is 0. The van der Waals surface area contributed by atoms with Crippen LogP contribution < -0.4 is 5.32 Å². The monoisotopic (exact) mass is 283 g/mol. The van der Waals surface area contributed by atoms with E-state index in [0.717, 1.165) is 25.7 Å². The summed E-state index contributed by atoms with van der Waals surface area (Å²) in [4.78, 5) is 37.9. The van der Waals surface area contributed by atoms with Crippen molar-refractivity contribution in [1.29, 1.82) is 0 Å². The third kappa shape index (κ3) is 3.61. The van der Waals surface area contributed by atoms with Crippen LogP contribution in [0.1, 0.15) is 32.1 Å². The molecule has 0 aromatic carbocycles. The molecule has 1 aliphatic carbocycles. The summed E-state index contributed by atoms with van der Waals surface area (Å²) in [5.74, 6) is -1.06. The van der Waals surface area contributed by atoms with Gasteiger partial charge in [-0.2, -0.15) is 0 Å². The van der Waals surface area contributed by atoms with E-state index < -0.39 is 5.97 Å². The molecular formula is C13H21N3O4. The largest absolute Gasteiger partial charge is 0.480 e. The molecule has 0 aromatic rings. The zero-order valence-electron chi connectivity index (χ0n) is 11.5. The number of nitrogens with one attached hydrogen (secondary N) is 1. The summed E-state index contributed by atoms with van der Waals surface area (Å²) in [5.41, 5.74) is 0. The lowest BCUT2D eigenvalue weighted by Crippen LogP contribution is -2.50. The number of hydrogen-bond acceptors (Lipinski definition) is 3. The maximum absolute atomic E-state index is 12.5. The Kier molecular flexibility index (Phi) is 4.81. The SMILES string of the molecule is O=C(O)CN(C(=O)N1CCNC(=O)CC1)C1CCCC1. The first kappa shape index (κ1) is 14.6. The Labute approximate surface area is 117 Å². The van der Waals surface area contributed by atoms with Crippen molar-refractivity contribution >= 4 is 17.9 Å². The molecule has 7 nitrogen and oxygen atoms in total. The number of carboxylic acid groups (broad SMARTS) is 1. The van der Waals surface area contributed by atoms with E-state index in [-0.39, 0.29) is 30.9 Å². The van der Waals surface area contributed by atoms with Crippen LogP contribution in [0.15, 0.2) is 0 Å². The van der Waals surface area contributed by atoms with Crippen LogP contribution in [-0.4, -0.2) is 65.0 Å². The van der Waals surface area contributed by atoms with E-state index in [1.54, 1.807) is 4.90 Å². The molecule has 0 spiro atoms. The van der Waals surface area contributed by atoms with E-state index in [4.69, 9.17) is 5.11 Å². The molecular weight excluding hydrogens is 262 g/mol. The number of carbonyl (C=O) groups is 3. The fourth-order valence-electron chi connectivity index (χ4n) is 2.85. The summed E-state index contributed by atoms with van der Waals surface area (Å²) in [6.45, 7) is 0.957. The molecule has 0 unspecified atom stereocenters. The van der Waals surface area contributed by atoms with Crippen molar-refractivity contribution < 1.29 is 19.5 Å². The molecule has 1 aliphatic heterocycles. The number of aliphatic carboxylic acids is 1. The molecule has 1 heterocycles. The second kappa shape index (κ2) is 6.58. The predicted molar refractivity (Wildman–Crippen MR) is 71.2 cm³/mol. The van der Waals surface area contributed by atoms with Crippen LogP contribution in [0.25, 0.3) is 0 Å². The number of hydrogen-bond donors (Lipinski definition) is 2. The van der Waals surface area contributed by atoms with Gasteiger partial charge in [0.25, 0.3) is 0 Å². The molecule has 0 aromatic heterocycles. The molecule has 1 saturated carbocycles. The number of rotatable bonds is 3. The van der Waals surface area contributed by atoms with E-state index in [9.17, 15) is 14.4 Å². The summed E-state index contributed by atoms with van der Waals surface area (Å²) in [6, 6.07) is -0.235. The molecule has 3 amide bonds. The first-order valence-corrected chi connectivity index (χ1v) is 7.12. The highest BCUT2D eigenvalue weighted by Crippen LogP contribution is 2.24. The summed E-state index contributed by atoms with van der Waals surface area (Å²) in [7, 11) is 0. The Morgan fingerprint density at radius 3 is 2.65 bits per heavy atom. The number of amides is 3. The van der Waals surface area contributed by atoms with Gasteiger partial charge in [-0.05, 0) is 12.8 Å². The fraction of sp³-hybridized carbons (Fsp3) is 0.769. The van der Waals surface area contributed by atoms with Crippen LogP contribution in [0.5, 0.6) is 0 Å². The van der Waals surface area contributed by atoms with Gasteiger partial charge in [0, 0.05) is 32.1 Å². The van der Waals surface area contributed by atoms with E-state index in [1.165, 1.54) is 4.90 Å². The zero-order chi connectivity index (χ0) is 14.5. The van der Waals surface area contributed by atoms with Gasteiger partial charge in [-0.15, -0.1) is 0 Å². The molecule has 2 fully saturated rings. The summed E-state index contributed by atoms with van der Waals surface area (Å²) in [5, 5.41) is 11.7. The van der Waals surface area contributed by atoms with Gasteiger partial charge in [-0.1, -0.05) is 12.8 Å². The molecule has 7 heteroatoms. The van der Waals surface area contributed by atoms with Crippen molar-refractivity contribution in [2.24, 2.45) is 0 Å². The normalized spacial score (nSPS) is 20.4. The van der Waals surface area contributed by atoms with E-state index in [1.807, 2.05) is 0 Å². The van der Waals surface area contributed by atoms with Crippen molar-refractivity contribution in [2.45, 2.75) is 38.1 Å². The zero-order valence-corrected chi connectivity index (χ0v) is 11.5. The Balaban J connectivity index is 2.04. The molecule has 2 aliphatic rings. The maximum Gasteiger partial charge on any atom is 0.323 e. The van der Waals surface area contributed by atoms with Crippen LogP contribution in [0.4, 0.5) is 4.79 Å².